The van der Waals surface area contributed by atoms with E-state index in [1.807, 2.05) is 0 Å². The second kappa shape index (κ2) is 13.7. The molecule has 0 spiro atoms. The molecule has 36 heavy (non-hydrogen) atoms. The number of hydrogen-bond acceptors (Lipinski definition) is 9. The maximum Gasteiger partial charge on any atom is 0.264 e. The van der Waals surface area contributed by atoms with Gasteiger partial charge in [-0.2, -0.15) is 0 Å². The highest BCUT2D eigenvalue weighted by atomic mass is 35.5. The van der Waals surface area contributed by atoms with Crippen LogP contribution in [0.1, 0.15) is 46.4 Å². The van der Waals surface area contributed by atoms with Crippen molar-refractivity contribution in [3.05, 3.63) is 29.3 Å². The number of nitrogens with one attached hydrogen (secondary N) is 3. The number of piperidine rings is 2. The molecule has 2 fully saturated rings. The Kier molecular flexibility index (Phi) is 10.6. The number of amides is 4. The molecule has 1 atom stereocenters. The Bertz CT molecular complexity index is 954. The van der Waals surface area contributed by atoms with E-state index in [0.29, 0.717) is 51.4 Å². The number of ether oxygens (including phenoxy) is 3. The monoisotopic (exact) mass is 524 g/mol. The first kappa shape index (κ1) is 28.0. The van der Waals surface area contributed by atoms with Crippen LogP contribution in [0.25, 0.3) is 0 Å². The molecule has 0 radical (unpaired) electrons. The summed E-state index contributed by atoms with van der Waals surface area (Å²) in [6, 6.07) is 3.97. The number of hydrogen-bond donors (Lipinski definition) is 3. The van der Waals surface area contributed by atoms with Crippen molar-refractivity contribution < 1.29 is 33.4 Å². The maximum atomic E-state index is 13.1. The van der Waals surface area contributed by atoms with Gasteiger partial charge in [0.15, 0.2) is 0 Å². The fourth-order valence-electron chi connectivity index (χ4n) is 4.48. The quantitative estimate of drug-likeness (QED) is 0.267. The summed E-state index contributed by atoms with van der Waals surface area (Å²) in [6.45, 7) is 4.82. The fraction of sp³-hybridized carbons (Fsp3) is 0.583. The van der Waals surface area contributed by atoms with E-state index in [9.17, 15) is 19.2 Å². The number of anilines is 1. The molecule has 1 aromatic rings. The summed E-state index contributed by atoms with van der Waals surface area (Å²) in [6.07, 6.45) is 2.60. The largest absolute Gasteiger partial charge is 0.382 e. The topological polar surface area (TPSA) is 135 Å². The molecule has 4 rings (SSSR count). The molecule has 1 unspecified atom stereocenters. The molecule has 4 amide bonds. The van der Waals surface area contributed by atoms with Gasteiger partial charge in [-0.1, -0.05) is 6.07 Å². The van der Waals surface area contributed by atoms with Crippen molar-refractivity contribution in [3.8, 4) is 0 Å². The van der Waals surface area contributed by atoms with E-state index >= 15 is 0 Å². The molecule has 0 aromatic heterocycles. The van der Waals surface area contributed by atoms with E-state index in [1.54, 1.807) is 18.2 Å². The third kappa shape index (κ3) is 6.80. The smallest absolute Gasteiger partial charge is 0.264 e. The van der Waals surface area contributed by atoms with Crippen LogP contribution in [-0.2, 0) is 23.8 Å². The van der Waals surface area contributed by atoms with Crippen LogP contribution >= 0.6 is 12.4 Å². The molecule has 0 bridgehead atoms. The summed E-state index contributed by atoms with van der Waals surface area (Å²) in [7, 11) is 0. The minimum atomic E-state index is -0.985. The summed E-state index contributed by atoms with van der Waals surface area (Å²) < 4.78 is 16.9. The molecule has 3 aliphatic heterocycles. The highest BCUT2D eigenvalue weighted by Gasteiger charge is 2.45. The summed E-state index contributed by atoms with van der Waals surface area (Å²) in [5.41, 5.74) is 0.982. The molecule has 3 heterocycles. The molecule has 3 N–H and O–H groups in total. The fourth-order valence-corrected chi connectivity index (χ4v) is 4.48. The number of halogens is 1. The first-order chi connectivity index (χ1) is 17.1. The Morgan fingerprint density at radius 2 is 1.64 bits per heavy atom. The van der Waals surface area contributed by atoms with Crippen molar-refractivity contribution in [2.75, 3.05) is 58.0 Å². The second-order valence-electron chi connectivity index (χ2n) is 8.65. The Morgan fingerprint density at radius 1 is 0.917 bits per heavy atom. The van der Waals surface area contributed by atoms with Crippen LogP contribution in [0, 0.1) is 0 Å². The van der Waals surface area contributed by atoms with Gasteiger partial charge in [0.2, 0.25) is 11.8 Å². The van der Waals surface area contributed by atoms with Crippen molar-refractivity contribution in [2.45, 2.75) is 37.8 Å². The van der Waals surface area contributed by atoms with Crippen LogP contribution in [0.3, 0.4) is 0 Å². The van der Waals surface area contributed by atoms with Gasteiger partial charge in [0, 0.05) is 18.7 Å². The van der Waals surface area contributed by atoms with Gasteiger partial charge >= 0.3 is 0 Å². The third-order valence-corrected chi connectivity index (χ3v) is 6.27. The number of rotatable bonds is 12. The van der Waals surface area contributed by atoms with Gasteiger partial charge in [-0.25, -0.2) is 0 Å². The average molecular weight is 525 g/mol. The van der Waals surface area contributed by atoms with Crippen LogP contribution in [0.4, 0.5) is 5.69 Å². The van der Waals surface area contributed by atoms with E-state index in [0.717, 1.165) is 30.8 Å². The lowest BCUT2D eigenvalue weighted by molar-refractivity contribution is -0.136. The predicted octanol–water partition coefficient (Wildman–Crippen LogP) is 0.723. The molecular formula is C24H33ClN4O7. The van der Waals surface area contributed by atoms with Crippen molar-refractivity contribution in [3.63, 3.8) is 0 Å². The molecule has 2 saturated heterocycles. The molecule has 0 saturated carbocycles. The molecule has 1 aromatic carbocycles. The Hall–Kier alpha value is -2.57. The van der Waals surface area contributed by atoms with Crippen LogP contribution in [0.5, 0.6) is 0 Å². The molecule has 11 nitrogen and oxygen atoms in total. The minimum Gasteiger partial charge on any atom is -0.382 e. The summed E-state index contributed by atoms with van der Waals surface area (Å²) >= 11 is 0. The molecule has 3 aliphatic rings. The SMILES string of the molecule is Cl.O=C1CCC(N2C(=O)c3cccc(NCCOCCOCCOC4CCNCC4)c3C2=O)C(=O)N1. The van der Waals surface area contributed by atoms with E-state index < -0.39 is 29.7 Å². The highest BCUT2D eigenvalue weighted by Crippen LogP contribution is 2.32. The molecule has 198 valence electrons. The first-order valence-corrected chi connectivity index (χ1v) is 12.1. The summed E-state index contributed by atoms with van der Waals surface area (Å²) in [5, 5.41) is 8.64. The maximum absolute atomic E-state index is 13.1. The van der Waals surface area contributed by atoms with Crippen molar-refractivity contribution in [2.24, 2.45) is 0 Å². The Balaban J connectivity index is 0.00000361. The zero-order chi connectivity index (χ0) is 24.6. The van der Waals surface area contributed by atoms with Crippen molar-refractivity contribution >= 4 is 41.7 Å². The van der Waals surface area contributed by atoms with Gasteiger partial charge in [0.1, 0.15) is 6.04 Å². The lowest BCUT2D eigenvalue weighted by Crippen LogP contribution is -2.54. The normalized spacial score (nSPS) is 20.2. The lowest BCUT2D eigenvalue weighted by atomic mass is 10.0. The van der Waals surface area contributed by atoms with Gasteiger partial charge in [0.05, 0.1) is 50.3 Å². The van der Waals surface area contributed by atoms with E-state index in [2.05, 4.69) is 16.0 Å². The Morgan fingerprint density at radius 3 is 2.39 bits per heavy atom. The van der Waals surface area contributed by atoms with Crippen LogP contribution in [0.2, 0.25) is 0 Å². The minimum absolute atomic E-state index is 0. The van der Waals surface area contributed by atoms with Crippen LogP contribution < -0.4 is 16.0 Å². The lowest BCUT2D eigenvalue weighted by Gasteiger charge is -2.27. The second-order valence-corrected chi connectivity index (χ2v) is 8.65. The predicted molar refractivity (Wildman–Crippen MR) is 132 cm³/mol. The Labute approximate surface area is 216 Å². The van der Waals surface area contributed by atoms with Gasteiger partial charge in [0.25, 0.3) is 11.8 Å². The standard InChI is InChI=1S/C24H32N4O7.ClH/c29-20-5-4-19(22(30)27-20)28-23(31)17-2-1-3-18(21(17)24(28)32)26-10-11-33-12-13-34-14-15-35-16-6-8-25-9-7-16;/h1-3,16,19,25-26H,4-15H2,(H,27,29,30);1H. The summed E-state index contributed by atoms with van der Waals surface area (Å²) in [5.74, 6) is -2.09. The van der Waals surface area contributed by atoms with Gasteiger partial charge in [-0.05, 0) is 44.5 Å². The number of nitrogens with zero attached hydrogens (tertiary/aromatic N) is 1. The number of fused-ring (bicyclic) bond motifs is 1. The number of benzene rings is 1. The number of carbonyl (C=O) groups excluding carboxylic acids is 4. The van der Waals surface area contributed by atoms with Crippen molar-refractivity contribution in [1.29, 1.82) is 0 Å². The molecule has 0 aliphatic carbocycles. The van der Waals surface area contributed by atoms with E-state index in [1.165, 1.54) is 0 Å². The number of imide groups is 2. The zero-order valence-electron chi connectivity index (χ0n) is 20.1. The van der Waals surface area contributed by atoms with Crippen LogP contribution in [0.15, 0.2) is 18.2 Å². The summed E-state index contributed by atoms with van der Waals surface area (Å²) in [4.78, 5) is 50.5. The third-order valence-electron chi connectivity index (χ3n) is 6.27. The zero-order valence-corrected chi connectivity index (χ0v) is 20.9. The van der Waals surface area contributed by atoms with E-state index in [4.69, 9.17) is 14.2 Å². The van der Waals surface area contributed by atoms with Crippen LogP contribution in [-0.4, -0.2) is 93.3 Å². The molecular weight excluding hydrogens is 492 g/mol. The van der Waals surface area contributed by atoms with Gasteiger partial charge < -0.3 is 24.8 Å². The first-order valence-electron chi connectivity index (χ1n) is 12.1. The average Bonchev–Trinajstić information content (AvgIpc) is 3.11. The van der Waals surface area contributed by atoms with Gasteiger partial charge in [-0.3, -0.25) is 29.4 Å². The van der Waals surface area contributed by atoms with Gasteiger partial charge in [-0.15, -0.1) is 12.4 Å². The number of carbonyl (C=O) groups is 4. The van der Waals surface area contributed by atoms with Crippen molar-refractivity contribution in [1.82, 2.24) is 15.5 Å². The van der Waals surface area contributed by atoms with E-state index in [-0.39, 0.29) is 36.4 Å². The molecule has 12 heteroatoms. The highest BCUT2D eigenvalue weighted by molar-refractivity contribution is 6.25.